The number of amides is 3. The summed E-state index contributed by atoms with van der Waals surface area (Å²) in [6, 6.07) is 10.2. The number of halogens is 3. The number of rotatable bonds is 4. The monoisotopic (exact) mass is 423 g/mol. The van der Waals surface area contributed by atoms with E-state index >= 15 is 0 Å². The number of hydroxylamine groups is 1. The van der Waals surface area contributed by atoms with Gasteiger partial charge in [-0.05, 0) is 35.9 Å². The maximum absolute atomic E-state index is 13.2. The van der Waals surface area contributed by atoms with Crippen LogP contribution in [0.5, 0.6) is 0 Å². The third-order valence-electron chi connectivity index (χ3n) is 4.66. The van der Waals surface area contributed by atoms with Gasteiger partial charge in [0.25, 0.3) is 5.91 Å². The number of carbonyl (C=O) groups excluding carboxylic acids is 2. The molecule has 1 saturated heterocycles. The first-order valence-electron chi connectivity index (χ1n) is 9.14. The van der Waals surface area contributed by atoms with E-state index in [0.29, 0.717) is 31.9 Å². The molecule has 2 aromatic rings. The highest BCUT2D eigenvalue weighted by Crippen LogP contribution is 2.32. The van der Waals surface area contributed by atoms with Crippen molar-refractivity contribution in [2.75, 3.05) is 31.2 Å². The van der Waals surface area contributed by atoms with Gasteiger partial charge in [0.15, 0.2) is 0 Å². The summed E-state index contributed by atoms with van der Waals surface area (Å²) in [5.74, 6) is -0.694. The Labute approximate surface area is 170 Å². The van der Waals surface area contributed by atoms with Crippen LogP contribution in [0, 0.1) is 0 Å². The Kier molecular flexibility index (Phi) is 6.58. The van der Waals surface area contributed by atoms with Crippen LogP contribution in [-0.2, 0) is 17.5 Å². The average Bonchev–Trinajstić information content (AvgIpc) is 2.77. The molecule has 0 radical (unpaired) electrons. The summed E-state index contributed by atoms with van der Waals surface area (Å²) in [6.45, 7) is 1.38. The van der Waals surface area contributed by atoms with E-state index < -0.39 is 23.7 Å². The lowest BCUT2D eigenvalue weighted by Crippen LogP contribution is -2.48. The predicted molar refractivity (Wildman–Crippen MR) is 101 cm³/mol. The van der Waals surface area contributed by atoms with Gasteiger partial charge in [-0.1, -0.05) is 18.2 Å². The molecule has 2 N–H and O–H groups in total. The number of hydrogen-bond donors (Lipinski definition) is 2. The number of nitrogens with zero attached hydrogens (tertiary/aromatic N) is 2. The van der Waals surface area contributed by atoms with Crippen molar-refractivity contribution in [3.63, 3.8) is 0 Å². The maximum Gasteiger partial charge on any atom is 0.416 e. The maximum atomic E-state index is 13.2. The predicted octanol–water partition coefficient (Wildman–Crippen LogP) is 3.28. The fourth-order valence-corrected chi connectivity index (χ4v) is 3.05. The number of ether oxygens (including phenoxy) is 1. The van der Waals surface area contributed by atoms with Crippen LogP contribution in [0.4, 0.5) is 23.7 Å². The summed E-state index contributed by atoms with van der Waals surface area (Å²) in [7, 11) is 0. The van der Waals surface area contributed by atoms with Crippen molar-refractivity contribution < 1.29 is 32.7 Å². The molecule has 0 aliphatic carbocycles. The highest BCUT2D eigenvalue weighted by molar-refractivity contribution is 5.94. The molecule has 160 valence electrons. The van der Waals surface area contributed by atoms with E-state index in [-0.39, 0.29) is 17.8 Å². The van der Waals surface area contributed by atoms with Gasteiger partial charge in [-0.15, -0.1) is 0 Å². The van der Waals surface area contributed by atoms with Crippen molar-refractivity contribution in [3.05, 3.63) is 65.2 Å². The first kappa shape index (κ1) is 21.6. The Morgan fingerprint density at radius 3 is 2.37 bits per heavy atom. The zero-order valence-electron chi connectivity index (χ0n) is 15.9. The van der Waals surface area contributed by atoms with Crippen molar-refractivity contribution in [2.45, 2.75) is 12.7 Å². The molecule has 0 spiro atoms. The molecule has 0 bridgehead atoms. The minimum atomic E-state index is -4.54. The topological polar surface area (TPSA) is 82.1 Å². The lowest BCUT2D eigenvalue weighted by atomic mass is 10.1. The Morgan fingerprint density at radius 1 is 1.10 bits per heavy atom. The highest BCUT2D eigenvalue weighted by Gasteiger charge is 2.32. The van der Waals surface area contributed by atoms with Crippen LogP contribution in [0.2, 0.25) is 0 Å². The average molecular weight is 423 g/mol. The van der Waals surface area contributed by atoms with Gasteiger partial charge < -0.3 is 9.64 Å². The molecule has 1 aliphatic heterocycles. The molecule has 1 heterocycles. The Balaban J connectivity index is 1.91. The normalized spacial score (nSPS) is 14.3. The van der Waals surface area contributed by atoms with Gasteiger partial charge in [-0.3, -0.25) is 14.9 Å². The fourth-order valence-electron chi connectivity index (χ4n) is 3.05. The van der Waals surface area contributed by atoms with E-state index in [0.717, 1.165) is 12.1 Å². The number of anilines is 1. The smallest absolute Gasteiger partial charge is 0.378 e. The van der Waals surface area contributed by atoms with Crippen LogP contribution in [0.1, 0.15) is 21.5 Å². The number of nitrogens with one attached hydrogen (secondary N) is 1. The molecule has 0 atom stereocenters. The second kappa shape index (κ2) is 9.14. The number of carbonyl (C=O) groups is 2. The van der Waals surface area contributed by atoms with Gasteiger partial charge >= 0.3 is 12.2 Å². The Hall–Kier alpha value is -3.11. The lowest BCUT2D eigenvalue weighted by molar-refractivity contribution is -0.137. The van der Waals surface area contributed by atoms with Crippen molar-refractivity contribution in [3.8, 4) is 0 Å². The van der Waals surface area contributed by atoms with E-state index in [1.54, 1.807) is 12.1 Å². The first-order valence-corrected chi connectivity index (χ1v) is 9.14. The first-order chi connectivity index (χ1) is 14.3. The second-order valence-corrected chi connectivity index (χ2v) is 6.65. The molecule has 30 heavy (non-hydrogen) atoms. The van der Waals surface area contributed by atoms with E-state index in [4.69, 9.17) is 9.94 Å². The molecule has 2 aromatic carbocycles. The minimum absolute atomic E-state index is 0.00146. The van der Waals surface area contributed by atoms with Crippen molar-refractivity contribution in [2.24, 2.45) is 0 Å². The van der Waals surface area contributed by atoms with Crippen LogP contribution in [-0.4, -0.2) is 48.3 Å². The van der Waals surface area contributed by atoms with E-state index in [9.17, 15) is 22.8 Å². The molecule has 1 fully saturated rings. The van der Waals surface area contributed by atoms with E-state index in [2.05, 4.69) is 0 Å². The van der Waals surface area contributed by atoms with Gasteiger partial charge in [0.05, 0.1) is 25.3 Å². The molecule has 0 unspecified atom stereocenters. The SMILES string of the molecule is O=C(NO)c1ccc(CN(C(=O)N2CCOCC2)c2cccc(C(F)(F)F)c2)cc1. The number of benzene rings is 2. The van der Waals surface area contributed by atoms with Crippen LogP contribution in [0.25, 0.3) is 0 Å². The highest BCUT2D eigenvalue weighted by atomic mass is 19.4. The zero-order valence-corrected chi connectivity index (χ0v) is 15.9. The van der Waals surface area contributed by atoms with Gasteiger partial charge in [-0.2, -0.15) is 13.2 Å². The third kappa shape index (κ3) is 5.08. The molecule has 10 heteroatoms. The second-order valence-electron chi connectivity index (χ2n) is 6.65. The molecule has 0 saturated carbocycles. The molecule has 3 rings (SSSR count). The van der Waals surface area contributed by atoms with Crippen molar-refractivity contribution in [1.29, 1.82) is 0 Å². The molecule has 0 aromatic heterocycles. The van der Waals surface area contributed by atoms with Gasteiger partial charge in [-0.25, -0.2) is 10.3 Å². The largest absolute Gasteiger partial charge is 0.416 e. The zero-order chi connectivity index (χ0) is 21.7. The van der Waals surface area contributed by atoms with Crippen molar-refractivity contribution >= 4 is 17.6 Å². The third-order valence-corrected chi connectivity index (χ3v) is 4.66. The summed E-state index contributed by atoms with van der Waals surface area (Å²) in [5.41, 5.74) is 1.58. The quantitative estimate of drug-likeness (QED) is 0.584. The van der Waals surface area contributed by atoms with Crippen LogP contribution >= 0.6 is 0 Å². The minimum Gasteiger partial charge on any atom is -0.378 e. The summed E-state index contributed by atoms with van der Waals surface area (Å²) < 4.78 is 44.8. The fraction of sp³-hybridized carbons (Fsp3) is 0.300. The van der Waals surface area contributed by atoms with Crippen LogP contribution in [0.15, 0.2) is 48.5 Å². The summed E-state index contributed by atoms with van der Waals surface area (Å²) >= 11 is 0. The van der Waals surface area contributed by atoms with Crippen LogP contribution in [0.3, 0.4) is 0 Å². The Bertz CT molecular complexity index is 897. The van der Waals surface area contributed by atoms with Gasteiger partial charge in [0.1, 0.15) is 0 Å². The van der Waals surface area contributed by atoms with Gasteiger partial charge in [0.2, 0.25) is 0 Å². The van der Waals surface area contributed by atoms with Crippen LogP contribution < -0.4 is 10.4 Å². The molecule has 7 nitrogen and oxygen atoms in total. The summed E-state index contributed by atoms with van der Waals surface area (Å²) in [6.07, 6.45) is -4.54. The number of morpholine rings is 1. The summed E-state index contributed by atoms with van der Waals surface area (Å²) in [4.78, 5) is 27.4. The lowest BCUT2D eigenvalue weighted by Gasteiger charge is -2.33. The number of hydrogen-bond acceptors (Lipinski definition) is 4. The molecular formula is C20H20F3N3O4. The number of urea groups is 1. The van der Waals surface area contributed by atoms with Crippen molar-refractivity contribution in [1.82, 2.24) is 10.4 Å². The number of alkyl halides is 3. The summed E-state index contributed by atoms with van der Waals surface area (Å²) in [5, 5.41) is 8.70. The van der Waals surface area contributed by atoms with E-state index in [1.807, 2.05) is 0 Å². The molecule has 3 amide bonds. The van der Waals surface area contributed by atoms with Gasteiger partial charge in [0, 0.05) is 24.3 Å². The molecular weight excluding hydrogens is 403 g/mol. The van der Waals surface area contributed by atoms with E-state index in [1.165, 1.54) is 39.5 Å². The Morgan fingerprint density at radius 2 is 1.77 bits per heavy atom. The standard InChI is InChI=1S/C20H20F3N3O4/c21-20(22,23)16-2-1-3-17(12-16)26(19(28)25-8-10-30-11-9-25)13-14-4-6-15(7-5-14)18(27)24-29/h1-7,12,29H,8-11,13H2,(H,24,27). The molecule has 1 aliphatic rings.